The summed E-state index contributed by atoms with van der Waals surface area (Å²) in [6.45, 7) is 5.98. The number of amides is 1. The largest absolute Gasteiger partial charge is 0.497 e. The van der Waals surface area contributed by atoms with Crippen LogP contribution in [0, 0.1) is 18.8 Å². The maximum atomic E-state index is 12.9. The van der Waals surface area contributed by atoms with Crippen molar-refractivity contribution in [3.05, 3.63) is 40.1 Å². The van der Waals surface area contributed by atoms with Crippen molar-refractivity contribution in [2.45, 2.75) is 6.92 Å². The normalized spacial score (nSPS) is 21.8. The fraction of sp³-hybridized carbons (Fsp3) is 0.421. The number of rotatable bonds is 3. The van der Waals surface area contributed by atoms with Crippen LogP contribution in [0.1, 0.15) is 14.5 Å². The molecule has 2 aliphatic rings. The fourth-order valence-electron chi connectivity index (χ4n) is 3.82. The predicted octanol–water partition coefficient (Wildman–Crippen LogP) is 3.45. The molecule has 2 saturated heterocycles. The van der Waals surface area contributed by atoms with Gasteiger partial charge in [0.25, 0.3) is 5.91 Å². The molecule has 0 spiro atoms. The van der Waals surface area contributed by atoms with Gasteiger partial charge in [-0.25, -0.2) is 0 Å². The van der Waals surface area contributed by atoms with Crippen LogP contribution in [0.2, 0.25) is 0 Å². The molecule has 0 bridgehead atoms. The van der Waals surface area contributed by atoms with E-state index in [0.29, 0.717) is 11.8 Å². The van der Waals surface area contributed by atoms with Crippen LogP contribution in [0.4, 0.5) is 0 Å². The first-order valence-corrected chi connectivity index (χ1v) is 9.22. The van der Waals surface area contributed by atoms with E-state index < -0.39 is 0 Å². The third-order valence-corrected chi connectivity index (χ3v) is 6.24. The second kappa shape index (κ2) is 7.36. The molecule has 2 aliphatic heterocycles. The van der Waals surface area contributed by atoms with Gasteiger partial charge < -0.3 is 15.0 Å². The smallest absolute Gasteiger partial charge is 0.263 e. The number of carbonyl (C=O) groups is 1. The van der Waals surface area contributed by atoms with Crippen LogP contribution >= 0.6 is 23.7 Å². The van der Waals surface area contributed by atoms with E-state index in [1.807, 2.05) is 29.2 Å². The molecule has 2 atom stereocenters. The van der Waals surface area contributed by atoms with E-state index in [9.17, 15) is 4.79 Å². The number of likely N-dealkylation sites (tertiary alicyclic amines) is 1. The standard InChI is InChI=1S/C19H22N2O2S.ClH/c1-12-17(13-3-5-16(23-2)6-4-13)7-18(24-12)19(22)21-10-14-8-20-9-15(14)11-21;/h3-7,14-15,20H,8-11H2,1-2H3;1H/t14-,15+;. The summed E-state index contributed by atoms with van der Waals surface area (Å²) in [7, 11) is 1.67. The molecule has 2 aromatic rings. The topological polar surface area (TPSA) is 41.6 Å². The van der Waals surface area contributed by atoms with Crippen molar-refractivity contribution in [2.75, 3.05) is 33.3 Å². The quantitative estimate of drug-likeness (QED) is 0.889. The zero-order chi connectivity index (χ0) is 16.7. The SMILES string of the molecule is COc1ccc(-c2cc(C(=O)N3C[C@H]4CNC[C@H]4C3)sc2C)cc1.Cl. The number of ether oxygens (including phenoxy) is 1. The summed E-state index contributed by atoms with van der Waals surface area (Å²) in [4.78, 5) is 17.0. The molecule has 25 heavy (non-hydrogen) atoms. The zero-order valence-corrected chi connectivity index (χ0v) is 16.1. The van der Waals surface area contributed by atoms with Crippen molar-refractivity contribution in [1.82, 2.24) is 10.2 Å². The molecular weight excluding hydrogens is 356 g/mol. The van der Waals surface area contributed by atoms with Gasteiger partial charge in [0.2, 0.25) is 0 Å². The first-order chi connectivity index (χ1) is 11.7. The molecule has 0 saturated carbocycles. The van der Waals surface area contributed by atoms with Gasteiger partial charge in [0.05, 0.1) is 12.0 Å². The Balaban J connectivity index is 0.00000182. The number of carbonyl (C=O) groups excluding carboxylic acids is 1. The lowest BCUT2D eigenvalue weighted by Crippen LogP contribution is -2.31. The number of thiophene rings is 1. The molecule has 4 rings (SSSR count). The van der Waals surface area contributed by atoms with Crippen molar-refractivity contribution in [1.29, 1.82) is 0 Å². The number of halogens is 1. The summed E-state index contributed by atoms with van der Waals surface area (Å²) < 4.78 is 5.22. The summed E-state index contributed by atoms with van der Waals surface area (Å²) in [5, 5.41) is 3.42. The summed E-state index contributed by atoms with van der Waals surface area (Å²) >= 11 is 1.60. The summed E-state index contributed by atoms with van der Waals surface area (Å²) in [6.07, 6.45) is 0. The van der Waals surface area contributed by atoms with Gasteiger partial charge in [0.15, 0.2) is 0 Å². The minimum absolute atomic E-state index is 0. The number of hydrogen-bond donors (Lipinski definition) is 1. The number of hydrogen-bond acceptors (Lipinski definition) is 4. The molecule has 1 amide bonds. The van der Waals surface area contributed by atoms with Gasteiger partial charge in [-0.1, -0.05) is 12.1 Å². The Hall–Kier alpha value is -1.56. The van der Waals surface area contributed by atoms with Crippen LogP contribution in [0.3, 0.4) is 0 Å². The van der Waals surface area contributed by atoms with E-state index in [2.05, 4.69) is 18.3 Å². The molecule has 1 aromatic heterocycles. The highest BCUT2D eigenvalue weighted by molar-refractivity contribution is 7.14. The molecule has 134 valence electrons. The number of benzene rings is 1. The van der Waals surface area contributed by atoms with E-state index >= 15 is 0 Å². The van der Waals surface area contributed by atoms with E-state index in [0.717, 1.165) is 47.9 Å². The van der Waals surface area contributed by atoms with Gasteiger partial charge in [0.1, 0.15) is 5.75 Å². The summed E-state index contributed by atoms with van der Waals surface area (Å²) in [5.74, 6) is 2.31. The third-order valence-electron chi connectivity index (χ3n) is 5.21. The molecule has 2 fully saturated rings. The Labute approximate surface area is 158 Å². The van der Waals surface area contributed by atoms with Crippen LogP contribution in [0.5, 0.6) is 5.75 Å². The Morgan fingerprint density at radius 2 is 1.84 bits per heavy atom. The van der Waals surface area contributed by atoms with Crippen molar-refractivity contribution in [2.24, 2.45) is 11.8 Å². The second-order valence-electron chi connectivity index (χ2n) is 6.70. The Kier molecular flexibility index (Phi) is 5.37. The highest BCUT2D eigenvalue weighted by atomic mass is 35.5. The Morgan fingerprint density at radius 3 is 2.44 bits per heavy atom. The number of nitrogens with one attached hydrogen (secondary N) is 1. The van der Waals surface area contributed by atoms with E-state index in [4.69, 9.17) is 4.74 Å². The van der Waals surface area contributed by atoms with Gasteiger partial charge >= 0.3 is 0 Å². The van der Waals surface area contributed by atoms with Crippen molar-refractivity contribution < 1.29 is 9.53 Å². The lowest BCUT2D eigenvalue weighted by Gasteiger charge is -2.16. The van der Waals surface area contributed by atoms with Crippen LogP contribution in [-0.4, -0.2) is 44.1 Å². The number of methoxy groups -OCH3 is 1. The van der Waals surface area contributed by atoms with Gasteiger partial charge in [-0.3, -0.25) is 4.79 Å². The Morgan fingerprint density at radius 1 is 1.20 bits per heavy atom. The third kappa shape index (κ3) is 3.41. The molecule has 0 aliphatic carbocycles. The van der Waals surface area contributed by atoms with Crippen molar-refractivity contribution in [3.63, 3.8) is 0 Å². The molecule has 1 N–H and O–H groups in total. The van der Waals surface area contributed by atoms with E-state index in [1.165, 1.54) is 4.88 Å². The first-order valence-electron chi connectivity index (χ1n) is 8.40. The van der Waals surface area contributed by atoms with Crippen LogP contribution in [0.25, 0.3) is 11.1 Å². The van der Waals surface area contributed by atoms with Gasteiger partial charge in [-0.2, -0.15) is 0 Å². The highest BCUT2D eigenvalue weighted by Crippen LogP contribution is 2.34. The van der Waals surface area contributed by atoms with Crippen molar-refractivity contribution in [3.8, 4) is 16.9 Å². The minimum Gasteiger partial charge on any atom is -0.497 e. The predicted molar refractivity (Wildman–Crippen MR) is 104 cm³/mol. The maximum absolute atomic E-state index is 12.9. The molecule has 1 aromatic carbocycles. The van der Waals surface area contributed by atoms with Gasteiger partial charge in [-0.15, -0.1) is 23.7 Å². The molecule has 0 radical (unpaired) electrons. The average molecular weight is 379 g/mol. The van der Waals surface area contributed by atoms with Crippen LogP contribution in [0.15, 0.2) is 30.3 Å². The van der Waals surface area contributed by atoms with Gasteiger partial charge in [0, 0.05) is 31.1 Å². The summed E-state index contributed by atoms with van der Waals surface area (Å²) in [6, 6.07) is 10.1. The molecular formula is C19H23ClN2O2S. The fourth-order valence-corrected chi connectivity index (χ4v) is 4.83. The van der Waals surface area contributed by atoms with E-state index in [-0.39, 0.29) is 18.3 Å². The average Bonchev–Trinajstić information content (AvgIpc) is 3.28. The maximum Gasteiger partial charge on any atom is 0.263 e. The minimum atomic E-state index is 0. The molecule has 4 nitrogen and oxygen atoms in total. The molecule has 0 unspecified atom stereocenters. The van der Waals surface area contributed by atoms with Crippen LogP contribution in [-0.2, 0) is 0 Å². The highest BCUT2D eigenvalue weighted by Gasteiger charge is 2.38. The lowest BCUT2D eigenvalue weighted by molar-refractivity contribution is 0.0786. The number of fused-ring (bicyclic) bond motifs is 1. The van der Waals surface area contributed by atoms with Crippen molar-refractivity contribution >= 4 is 29.7 Å². The lowest BCUT2D eigenvalue weighted by atomic mass is 10.0. The molecule has 6 heteroatoms. The van der Waals surface area contributed by atoms with E-state index in [1.54, 1.807) is 18.4 Å². The second-order valence-corrected chi connectivity index (χ2v) is 7.95. The zero-order valence-electron chi connectivity index (χ0n) is 14.5. The van der Waals surface area contributed by atoms with Gasteiger partial charge in [-0.05, 0) is 48.1 Å². The number of nitrogens with zero attached hydrogens (tertiary/aromatic N) is 1. The Bertz CT molecular complexity index is 747. The summed E-state index contributed by atoms with van der Waals surface area (Å²) in [5.41, 5.74) is 2.28. The first kappa shape index (κ1) is 18.2. The van der Waals surface area contributed by atoms with Crippen LogP contribution < -0.4 is 10.1 Å². The molecule has 3 heterocycles. The monoisotopic (exact) mass is 378 g/mol. The number of aryl methyl sites for hydroxylation is 1.